The molecule has 28 heavy (non-hydrogen) atoms. The molecule has 2 heteroatoms. The molecular formula is C26H30OSi. The molecule has 3 aromatic rings. The Kier molecular flexibility index (Phi) is 4.50. The Labute approximate surface area is 170 Å². The molecule has 0 fully saturated rings. The lowest BCUT2D eigenvalue weighted by Gasteiger charge is -2.24. The Bertz CT molecular complexity index is 1080. The maximum atomic E-state index is 5.90. The summed E-state index contributed by atoms with van der Waals surface area (Å²) in [5.41, 5.74) is 11.0. The second-order valence-corrected chi connectivity index (χ2v) is 14.3. The third kappa shape index (κ3) is 3.20. The average Bonchev–Trinajstić information content (AvgIpc) is 3.18. The fourth-order valence-electron chi connectivity index (χ4n) is 4.96. The Morgan fingerprint density at radius 1 is 0.821 bits per heavy atom. The Hall–Kier alpha value is -2.32. The van der Waals surface area contributed by atoms with Crippen molar-refractivity contribution in [1.82, 2.24) is 0 Å². The molecule has 1 aliphatic rings. The number of aryl methyl sites for hydroxylation is 4. The summed E-state index contributed by atoms with van der Waals surface area (Å²) in [6.45, 7) is 16.1. The molecular weight excluding hydrogens is 356 g/mol. The van der Waals surface area contributed by atoms with E-state index >= 15 is 0 Å². The van der Waals surface area contributed by atoms with Gasteiger partial charge < -0.3 is 4.42 Å². The summed E-state index contributed by atoms with van der Waals surface area (Å²) >= 11 is 0. The number of hydrogen-bond acceptors (Lipinski definition) is 1. The highest BCUT2D eigenvalue weighted by molar-refractivity contribution is 6.89. The fourth-order valence-corrected chi connectivity index (χ4v) is 7.47. The summed E-state index contributed by atoms with van der Waals surface area (Å²) < 4.78 is 5.90. The van der Waals surface area contributed by atoms with E-state index in [2.05, 4.69) is 76.8 Å². The minimum atomic E-state index is -1.36. The molecule has 0 radical (unpaired) electrons. The lowest BCUT2D eigenvalue weighted by molar-refractivity contribution is 0.521. The van der Waals surface area contributed by atoms with Gasteiger partial charge in [-0.2, -0.15) is 0 Å². The van der Waals surface area contributed by atoms with Crippen LogP contribution in [0, 0.1) is 27.7 Å². The Morgan fingerprint density at radius 3 is 2.07 bits per heavy atom. The molecule has 0 saturated carbocycles. The quantitative estimate of drug-likeness (QED) is 0.450. The monoisotopic (exact) mass is 386 g/mol. The molecule has 0 N–H and O–H groups in total. The Balaban J connectivity index is 1.87. The van der Waals surface area contributed by atoms with Crippen molar-refractivity contribution in [2.24, 2.45) is 0 Å². The number of furan rings is 1. The minimum absolute atomic E-state index is 0.945. The smallest absolute Gasteiger partial charge is 0.130 e. The highest BCUT2D eigenvalue weighted by atomic mass is 28.3. The molecule has 0 bridgehead atoms. The van der Waals surface area contributed by atoms with Gasteiger partial charge in [-0.05, 0) is 79.3 Å². The molecule has 1 aliphatic carbocycles. The van der Waals surface area contributed by atoms with Crippen LogP contribution in [0.15, 0.2) is 40.8 Å². The predicted molar refractivity (Wildman–Crippen MR) is 124 cm³/mol. The topological polar surface area (TPSA) is 13.1 Å². The van der Waals surface area contributed by atoms with Gasteiger partial charge in [0.1, 0.15) is 11.5 Å². The minimum Gasteiger partial charge on any atom is -0.462 e. The summed E-state index contributed by atoms with van der Waals surface area (Å²) in [6, 6.07) is 13.5. The van der Waals surface area contributed by atoms with Crippen LogP contribution in [0.3, 0.4) is 0 Å². The van der Waals surface area contributed by atoms with Gasteiger partial charge >= 0.3 is 0 Å². The SMILES string of the molecule is Cc1ccc(C2=Cc3c(ccc(C)c3-c3cc(C)c([Si](C)(C)C)c(C)c3)C2)o1. The van der Waals surface area contributed by atoms with Crippen LogP contribution in [0.2, 0.25) is 19.6 Å². The van der Waals surface area contributed by atoms with Crippen LogP contribution in [-0.4, -0.2) is 8.07 Å². The van der Waals surface area contributed by atoms with Crippen molar-refractivity contribution >= 4 is 24.9 Å². The molecule has 0 saturated heterocycles. The first-order valence-electron chi connectivity index (χ1n) is 10.2. The van der Waals surface area contributed by atoms with E-state index in [-0.39, 0.29) is 0 Å². The molecule has 1 aromatic heterocycles. The van der Waals surface area contributed by atoms with E-state index in [0.29, 0.717) is 0 Å². The zero-order valence-corrected chi connectivity index (χ0v) is 19.2. The number of fused-ring (bicyclic) bond motifs is 1. The van der Waals surface area contributed by atoms with Gasteiger partial charge in [0.2, 0.25) is 0 Å². The van der Waals surface area contributed by atoms with Crippen LogP contribution in [0.1, 0.15) is 39.3 Å². The summed E-state index contributed by atoms with van der Waals surface area (Å²) in [6.07, 6.45) is 3.29. The first-order valence-corrected chi connectivity index (χ1v) is 13.7. The summed E-state index contributed by atoms with van der Waals surface area (Å²) in [4.78, 5) is 0. The molecule has 0 spiro atoms. The van der Waals surface area contributed by atoms with Gasteiger partial charge in [0, 0.05) is 6.42 Å². The van der Waals surface area contributed by atoms with E-state index in [9.17, 15) is 0 Å². The van der Waals surface area contributed by atoms with E-state index in [1.807, 2.05) is 13.0 Å². The third-order valence-corrected chi connectivity index (χ3v) is 8.16. The zero-order valence-electron chi connectivity index (χ0n) is 18.2. The fraction of sp³-hybridized carbons (Fsp3) is 0.308. The molecule has 0 unspecified atom stereocenters. The summed E-state index contributed by atoms with van der Waals surface area (Å²) in [5.74, 6) is 1.97. The molecule has 0 amide bonds. The molecule has 0 aliphatic heterocycles. The van der Waals surface area contributed by atoms with E-state index in [1.54, 1.807) is 5.19 Å². The molecule has 4 rings (SSSR count). The highest BCUT2D eigenvalue weighted by Gasteiger charge is 2.24. The van der Waals surface area contributed by atoms with Crippen LogP contribution in [-0.2, 0) is 6.42 Å². The average molecular weight is 387 g/mol. The van der Waals surface area contributed by atoms with E-state index in [1.165, 1.54) is 44.5 Å². The highest BCUT2D eigenvalue weighted by Crippen LogP contribution is 2.40. The van der Waals surface area contributed by atoms with Gasteiger partial charge in [0.15, 0.2) is 0 Å². The van der Waals surface area contributed by atoms with Crippen molar-refractivity contribution in [2.75, 3.05) is 0 Å². The number of benzene rings is 2. The lowest BCUT2D eigenvalue weighted by atomic mass is 9.91. The van der Waals surface area contributed by atoms with Crippen LogP contribution in [0.5, 0.6) is 0 Å². The third-order valence-electron chi connectivity index (χ3n) is 5.87. The normalized spacial score (nSPS) is 13.6. The maximum Gasteiger partial charge on any atom is 0.130 e. The second-order valence-electron chi connectivity index (χ2n) is 9.32. The first-order chi connectivity index (χ1) is 13.1. The van der Waals surface area contributed by atoms with Crippen LogP contribution in [0.4, 0.5) is 0 Å². The molecule has 2 aromatic carbocycles. The first kappa shape index (κ1) is 19.0. The van der Waals surface area contributed by atoms with Gasteiger partial charge in [0.25, 0.3) is 0 Å². The number of hydrogen-bond donors (Lipinski definition) is 0. The number of rotatable bonds is 3. The van der Waals surface area contributed by atoms with Crippen LogP contribution >= 0.6 is 0 Å². The largest absolute Gasteiger partial charge is 0.462 e. The summed E-state index contributed by atoms with van der Waals surface area (Å²) in [7, 11) is -1.36. The van der Waals surface area contributed by atoms with Crippen LogP contribution < -0.4 is 5.19 Å². The van der Waals surface area contributed by atoms with Gasteiger partial charge in [-0.1, -0.05) is 60.2 Å². The predicted octanol–water partition coefficient (Wildman–Crippen LogP) is 6.82. The van der Waals surface area contributed by atoms with Crippen molar-refractivity contribution in [3.63, 3.8) is 0 Å². The summed E-state index contributed by atoms with van der Waals surface area (Å²) in [5, 5.41) is 1.60. The lowest BCUT2D eigenvalue weighted by Crippen LogP contribution is -2.41. The second kappa shape index (κ2) is 6.63. The van der Waals surface area contributed by atoms with Gasteiger partial charge in [-0.15, -0.1) is 0 Å². The van der Waals surface area contributed by atoms with Crippen molar-refractivity contribution in [3.05, 3.63) is 75.7 Å². The molecule has 1 nitrogen and oxygen atoms in total. The number of allylic oxidation sites excluding steroid dienone is 1. The van der Waals surface area contributed by atoms with Gasteiger partial charge in [-0.25, -0.2) is 0 Å². The van der Waals surface area contributed by atoms with E-state index < -0.39 is 8.07 Å². The molecule has 1 heterocycles. The molecule has 144 valence electrons. The van der Waals surface area contributed by atoms with Crippen LogP contribution in [0.25, 0.3) is 22.8 Å². The van der Waals surface area contributed by atoms with Crippen molar-refractivity contribution in [2.45, 2.75) is 53.8 Å². The van der Waals surface area contributed by atoms with E-state index in [0.717, 1.165) is 17.9 Å². The van der Waals surface area contributed by atoms with Crippen molar-refractivity contribution in [1.29, 1.82) is 0 Å². The van der Waals surface area contributed by atoms with Gasteiger partial charge in [-0.3, -0.25) is 0 Å². The zero-order chi connectivity index (χ0) is 20.2. The van der Waals surface area contributed by atoms with Crippen molar-refractivity contribution in [3.8, 4) is 11.1 Å². The van der Waals surface area contributed by atoms with E-state index in [4.69, 9.17) is 4.42 Å². The standard InChI is InChI=1S/C26H30OSi/c1-16-8-10-20-14-21(24-11-9-19(4)27-24)15-23(20)25(16)22-12-17(2)26(18(3)13-22)28(5,6)7/h8-13,15H,14H2,1-7H3. The Morgan fingerprint density at radius 2 is 1.50 bits per heavy atom. The maximum absolute atomic E-state index is 5.90. The molecule has 0 atom stereocenters. The van der Waals surface area contributed by atoms with Crippen molar-refractivity contribution < 1.29 is 4.42 Å². The van der Waals surface area contributed by atoms with Gasteiger partial charge in [0.05, 0.1) is 8.07 Å².